The smallest absolute Gasteiger partial charge is 0.160 e. The molecule has 5 rings (SSSR count). The van der Waals surface area contributed by atoms with Crippen molar-refractivity contribution in [3.63, 3.8) is 0 Å². The number of imidazole rings is 1. The van der Waals surface area contributed by atoms with E-state index in [4.69, 9.17) is 11.2 Å². The maximum Gasteiger partial charge on any atom is 0.160 e. The highest BCUT2D eigenvalue weighted by atomic mass is 16.5. The van der Waals surface area contributed by atoms with Gasteiger partial charge in [-0.2, -0.15) is 5.10 Å². The van der Waals surface area contributed by atoms with Crippen LogP contribution in [-0.4, -0.2) is 26.4 Å². The van der Waals surface area contributed by atoms with E-state index < -0.39 is 0 Å². The van der Waals surface area contributed by atoms with E-state index in [1.54, 1.807) is 0 Å². The molecule has 0 aliphatic rings. The Bertz CT molecular complexity index is 1430. The molecule has 2 aromatic heterocycles. The third kappa shape index (κ3) is 3.53. The lowest BCUT2D eigenvalue weighted by Crippen LogP contribution is -2.00. The zero-order chi connectivity index (χ0) is 21.2. The van der Waals surface area contributed by atoms with Crippen molar-refractivity contribution >= 4 is 33.3 Å². The first-order chi connectivity index (χ1) is 15.2. The topological polar surface area (TPSA) is 64.9 Å². The second kappa shape index (κ2) is 7.81. The van der Waals surface area contributed by atoms with Crippen molar-refractivity contribution in [3.8, 4) is 23.8 Å². The summed E-state index contributed by atoms with van der Waals surface area (Å²) in [6.07, 6.45) is 7.12. The molecule has 2 heterocycles. The van der Waals surface area contributed by atoms with Gasteiger partial charge in [0.25, 0.3) is 0 Å². The molecule has 0 saturated carbocycles. The monoisotopic (exact) mass is 405 g/mol. The number of terminal acetylenes is 1. The Morgan fingerprint density at radius 2 is 1.87 bits per heavy atom. The molecule has 0 spiro atoms. The molecule has 1 N–H and O–H groups in total. The fraction of sp³-hybridized carbons (Fsp3) is 0.0800. The van der Waals surface area contributed by atoms with Crippen LogP contribution in [0.3, 0.4) is 0 Å². The SMILES string of the molecule is C#CCOc1ccc2c(Nc3ccc4c(c3)ncn4-c3ccccc3)nnc(C)c2c1. The standard InChI is InChI=1S/C25H19N5O/c1-3-13-31-20-10-11-21-22(15-20)17(2)28-29-25(21)27-18-9-12-24-23(14-18)26-16-30(24)19-7-5-4-6-8-19/h1,4-12,14-16H,13H2,2H3,(H,27,29). The van der Waals surface area contributed by atoms with Gasteiger partial charge in [-0.15, -0.1) is 11.5 Å². The molecule has 0 atom stereocenters. The van der Waals surface area contributed by atoms with Crippen LogP contribution in [0.5, 0.6) is 5.75 Å². The van der Waals surface area contributed by atoms with Crippen molar-refractivity contribution in [2.75, 3.05) is 11.9 Å². The van der Waals surface area contributed by atoms with Crippen molar-refractivity contribution in [2.24, 2.45) is 0 Å². The highest BCUT2D eigenvalue weighted by Gasteiger charge is 2.10. The van der Waals surface area contributed by atoms with Crippen LogP contribution >= 0.6 is 0 Å². The molecule has 0 saturated heterocycles. The maximum absolute atomic E-state index is 5.55. The van der Waals surface area contributed by atoms with Crippen LogP contribution in [0.1, 0.15) is 5.69 Å². The Kier molecular flexibility index (Phi) is 4.70. The van der Waals surface area contributed by atoms with E-state index in [0.717, 1.165) is 38.9 Å². The van der Waals surface area contributed by atoms with Gasteiger partial charge in [-0.25, -0.2) is 4.98 Å². The molecular weight excluding hydrogens is 386 g/mol. The number of ether oxygens (including phenoxy) is 1. The first kappa shape index (κ1) is 18.6. The number of nitrogens with one attached hydrogen (secondary N) is 1. The summed E-state index contributed by atoms with van der Waals surface area (Å²) < 4.78 is 7.62. The molecule has 150 valence electrons. The van der Waals surface area contributed by atoms with E-state index in [9.17, 15) is 0 Å². The number of para-hydroxylation sites is 1. The number of anilines is 2. The van der Waals surface area contributed by atoms with Crippen LogP contribution < -0.4 is 10.1 Å². The van der Waals surface area contributed by atoms with E-state index >= 15 is 0 Å². The van der Waals surface area contributed by atoms with E-state index in [1.165, 1.54) is 0 Å². The highest BCUT2D eigenvalue weighted by molar-refractivity contribution is 5.95. The predicted octanol–water partition coefficient (Wildman–Crippen LogP) is 5.03. The minimum absolute atomic E-state index is 0.226. The predicted molar refractivity (Wildman–Crippen MR) is 123 cm³/mol. The number of hydrogen-bond acceptors (Lipinski definition) is 5. The second-order valence-electron chi connectivity index (χ2n) is 7.11. The lowest BCUT2D eigenvalue weighted by atomic mass is 10.1. The number of benzene rings is 3. The van der Waals surface area contributed by atoms with Crippen LogP contribution in [-0.2, 0) is 0 Å². The minimum atomic E-state index is 0.226. The van der Waals surface area contributed by atoms with Crippen molar-refractivity contribution in [1.82, 2.24) is 19.7 Å². The second-order valence-corrected chi connectivity index (χ2v) is 7.11. The minimum Gasteiger partial charge on any atom is -0.481 e. The third-order valence-electron chi connectivity index (χ3n) is 5.10. The van der Waals surface area contributed by atoms with Crippen LogP contribution in [0.15, 0.2) is 73.1 Å². The van der Waals surface area contributed by atoms with Crippen molar-refractivity contribution < 1.29 is 4.74 Å². The summed E-state index contributed by atoms with van der Waals surface area (Å²) in [5.41, 5.74) is 4.71. The molecule has 5 aromatic rings. The van der Waals surface area contributed by atoms with E-state index in [-0.39, 0.29) is 6.61 Å². The van der Waals surface area contributed by atoms with Gasteiger partial charge in [-0.3, -0.25) is 4.57 Å². The Morgan fingerprint density at radius 3 is 2.71 bits per heavy atom. The number of hydrogen-bond donors (Lipinski definition) is 1. The molecule has 0 aliphatic heterocycles. The largest absolute Gasteiger partial charge is 0.481 e. The molecule has 0 radical (unpaired) electrons. The zero-order valence-electron chi connectivity index (χ0n) is 16.9. The first-order valence-electron chi connectivity index (χ1n) is 9.86. The fourth-order valence-electron chi connectivity index (χ4n) is 3.59. The molecule has 6 nitrogen and oxygen atoms in total. The number of fused-ring (bicyclic) bond motifs is 2. The molecule has 0 aliphatic carbocycles. The van der Waals surface area contributed by atoms with E-state index in [1.807, 2.05) is 67.8 Å². The van der Waals surface area contributed by atoms with Gasteiger partial charge in [-0.05, 0) is 55.5 Å². The average molecular weight is 405 g/mol. The van der Waals surface area contributed by atoms with Crippen LogP contribution in [0.4, 0.5) is 11.5 Å². The van der Waals surface area contributed by atoms with Crippen LogP contribution in [0.2, 0.25) is 0 Å². The summed E-state index contributed by atoms with van der Waals surface area (Å²) in [6, 6.07) is 22.0. The number of aryl methyl sites for hydroxylation is 1. The molecule has 3 aromatic carbocycles. The molecular formula is C25H19N5O. The molecule has 0 amide bonds. The first-order valence-corrected chi connectivity index (χ1v) is 9.86. The van der Waals surface area contributed by atoms with Crippen molar-refractivity contribution in [2.45, 2.75) is 6.92 Å². The third-order valence-corrected chi connectivity index (χ3v) is 5.10. The highest BCUT2D eigenvalue weighted by Crippen LogP contribution is 2.30. The molecule has 6 heteroatoms. The summed E-state index contributed by atoms with van der Waals surface area (Å²) >= 11 is 0. The number of rotatable bonds is 5. The van der Waals surface area contributed by atoms with Gasteiger partial charge in [0.2, 0.25) is 0 Å². The van der Waals surface area contributed by atoms with Gasteiger partial charge in [0.1, 0.15) is 18.7 Å². The summed E-state index contributed by atoms with van der Waals surface area (Å²) in [5, 5.41) is 14.0. The Balaban J connectivity index is 1.49. The Labute approximate surface area is 179 Å². The lowest BCUT2D eigenvalue weighted by molar-refractivity contribution is 0.371. The fourth-order valence-corrected chi connectivity index (χ4v) is 3.59. The van der Waals surface area contributed by atoms with Gasteiger partial charge in [-0.1, -0.05) is 24.1 Å². The maximum atomic E-state index is 5.55. The molecule has 0 bridgehead atoms. The van der Waals surface area contributed by atoms with Gasteiger partial charge in [0, 0.05) is 22.1 Å². The Hall–Kier alpha value is -4.37. The van der Waals surface area contributed by atoms with Gasteiger partial charge in [0.05, 0.1) is 16.7 Å². The number of nitrogens with zero attached hydrogens (tertiary/aromatic N) is 4. The van der Waals surface area contributed by atoms with Gasteiger partial charge in [0.15, 0.2) is 5.82 Å². The van der Waals surface area contributed by atoms with Crippen LogP contribution in [0.25, 0.3) is 27.5 Å². The summed E-state index contributed by atoms with van der Waals surface area (Å²) in [4.78, 5) is 4.57. The van der Waals surface area contributed by atoms with Crippen LogP contribution in [0, 0.1) is 19.3 Å². The van der Waals surface area contributed by atoms with E-state index in [2.05, 4.69) is 43.1 Å². The molecule has 0 unspecified atom stereocenters. The van der Waals surface area contributed by atoms with Crippen molar-refractivity contribution in [3.05, 3.63) is 78.8 Å². The quantitative estimate of drug-likeness (QED) is 0.415. The van der Waals surface area contributed by atoms with Crippen molar-refractivity contribution in [1.29, 1.82) is 0 Å². The van der Waals surface area contributed by atoms with Gasteiger partial charge >= 0.3 is 0 Å². The molecule has 0 fully saturated rings. The summed E-state index contributed by atoms with van der Waals surface area (Å²) in [5.74, 6) is 3.86. The lowest BCUT2D eigenvalue weighted by Gasteiger charge is -2.11. The normalized spacial score (nSPS) is 10.8. The number of aromatic nitrogens is 4. The van der Waals surface area contributed by atoms with Gasteiger partial charge < -0.3 is 10.1 Å². The average Bonchev–Trinajstić information content (AvgIpc) is 3.23. The zero-order valence-corrected chi connectivity index (χ0v) is 16.9. The molecule has 31 heavy (non-hydrogen) atoms. The summed E-state index contributed by atoms with van der Waals surface area (Å²) in [7, 11) is 0. The van der Waals surface area contributed by atoms with E-state index in [0.29, 0.717) is 11.6 Å². The summed E-state index contributed by atoms with van der Waals surface area (Å²) in [6.45, 7) is 2.15. The Morgan fingerprint density at radius 1 is 1.00 bits per heavy atom.